The zero-order valence-corrected chi connectivity index (χ0v) is 12.9. The van der Waals surface area contributed by atoms with E-state index in [9.17, 15) is 0 Å². The number of ether oxygens (including phenoxy) is 1. The lowest BCUT2D eigenvalue weighted by atomic mass is 10.2. The van der Waals surface area contributed by atoms with E-state index in [1.165, 1.54) is 0 Å². The van der Waals surface area contributed by atoms with Crippen molar-refractivity contribution in [1.29, 1.82) is 0 Å². The van der Waals surface area contributed by atoms with E-state index in [1.807, 2.05) is 50.2 Å². The summed E-state index contributed by atoms with van der Waals surface area (Å²) in [6.07, 6.45) is 0. The first-order valence-electron chi connectivity index (χ1n) is 6.37. The maximum atomic E-state index is 5.76. The van der Waals surface area contributed by atoms with Crippen LogP contribution >= 0.6 is 15.9 Å². The first-order chi connectivity index (χ1) is 9.63. The fourth-order valence-electron chi connectivity index (χ4n) is 2.12. The van der Waals surface area contributed by atoms with E-state index in [1.54, 1.807) is 0 Å². The minimum atomic E-state index is 0.330. The van der Waals surface area contributed by atoms with Gasteiger partial charge in [-0.25, -0.2) is 4.98 Å². The van der Waals surface area contributed by atoms with Crippen LogP contribution in [0.5, 0.6) is 5.75 Å². The van der Waals surface area contributed by atoms with Gasteiger partial charge >= 0.3 is 0 Å². The number of aromatic nitrogens is 1. The number of nitrogens with zero attached hydrogens (tertiary/aromatic N) is 1. The van der Waals surface area contributed by atoms with Crippen LogP contribution in [0, 0.1) is 13.8 Å². The summed E-state index contributed by atoms with van der Waals surface area (Å²) < 4.78 is 12.5. The van der Waals surface area contributed by atoms with Crippen LogP contribution in [0.1, 0.15) is 17.0 Å². The van der Waals surface area contributed by atoms with Gasteiger partial charge < -0.3 is 9.15 Å². The van der Waals surface area contributed by atoms with Crippen LogP contribution in [0.15, 0.2) is 45.3 Å². The molecule has 4 heteroatoms. The van der Waals surface area contributed by atoms with Crippen LogP contribution in [0.3, 0.4) is 0 Å². The van der Waals surface area contributed by atoms with Crippen molar-refractivity contribution in [3.8, 4) is 5.75 Å². The van der Waals surface area contributed by atoms with Gasteiger partial charge in [0.25, 0.3) is 0 Å². The Balaban J connectivity index is 1.85. The van der Waals surface area contributed by atoms with Crippen molar-refractivity contribution in [3.05, 3.63) is 57.9 Å². The number of oxazole rings is 1. The Morgan fingerprint density at radius 2 is 1.95 bits per heavy atom. The molecule has 0 N–H and O–H groups in total. The molecule has 3 rings (SSSR count). The lowest BCUT2D eigenvalue weighted by molar-refractivity contribution is 0.265. The molecule has 2 aromatic carbocycles. The number of aryl methyl sites for hydroxylation is 2. The van der Waals surface area contributed by atoms with Gasteiger partial charge in [-0.2, -0.15) is 0 Å². The summed E-state index contributed by atoms with van der Waals surface area (Å²) in [5, 5.41) is 0. The average molecular weight is 332 g/mol. The molecule has 20 heavy (non-hydrogen) atoms. The van der Waals surface area contributed by atoms with E-state index >= 15 is 0 Å². The van der Waals surface area contributed by atoms with Gasteiger partial charge in [0.15, 0.2) is 12.2 Å². The maximum absolute atomic E-state index is 5.76. The maximum Gasteiger partial charge on any atom is 0.233 e. The molecule has 0 aliphatic rings. The minimum Gasteiger partial charge on any atom is -0.484 e. The first-order valence-corrected chi connectivity index (χ1v) is 7.17. The number of halogens is 1. The zero-order valence-electron chi connectivity index (χ0n) is 11.3. The van der Waals surface area contributed by atoms with Crippen LogP contribution in [-0.4, -0.2) is 4.98 Å². The Kier molecular flexibility index (Phi) is 3.49. The van der Waals surface area contributed by atoms with Crippen molar-refractivity contribution < 1.29 is 9.15 Å². The van der Waals surface area contributed by atoms with Gasteiger partial charge in [0.2, 0.25) is 5.89 Å². The predicted molar refractivity (Wildman–Crippen MR) is 82.0 cm³/mol. The third kappa shape index (κ3) is 2.56. The summed E-state index contributed by atoms with van der Waals surface area (Å²) in [5.41, 5.74) is 3.82. The summed E-state index contributed by atoms with van der Waals surface area (Å²) >= 11 is 3.46. The van der Waals surface area contributed by atoms with Gasteiger partial charge in [-0.1, -0.05) is 34.1 Å². The largest absolute Gasteiger partial charge is 0.484 e. The summed E-state index contributed by atoms with van der Waals surface area (Å²) in [4.78, 5) is 4.46. The predicted octanol–water partition coefficient (Wildman–Crippen LogP) is 4.79. The van der Waals surface area contributed by atoms with Crippen LogP contribution < -0.4 is 4.74 Å². The van der Waals surface area contributed by atoms with Crippen molar-refractivity contribution >= 4 is 27.0 Å². The van der Waals surface area contributed by atoms with Gasteiger partial charge in [0.05, 0.1) is 0 Å². The average Bonchev–Trinajstić information content (AvgIpc) is 2.81. The lowest BCUT2D eigenvalue weighted by Gasteiger charge is -2.05. The third-order valence-corrected chi connectivity index (χ3v) is 3.59. The topological polar surface area (TPSA) is 35.3 Å². The van der Waals surface area contributed by atoms with Crippen LogP contribution in [0.2, 0.25) is 0 Å². The Hall–Kier alpha value is -1.81. The number of fused-ring (bicyclic) bond motifs is 1. The molecule has 0 aliphatic carbocycles. The third-order valence-electron chi connectivity index (χ3n) is 3.13. The number of hydrogen-bond donors (Lipinski definition) is 0. The molecule has 0 amide bonds. The molecule has 0 saturated carbocycles. The van der Waals surface area contributed by atoms with Crippen LogP contribution in [0.4, 0.5) is 0 Å². The molecule has 0 radical (unpaired) electrons. The molecule has 0 aliphatic heterocycles. The molecule has 0 bridgehead atoms. The Labute approximate surface area is 125 Å². The van der Waals surface area contributed by atoms with Gasteiger partial charge in [-0.05, 0) is 43.2 Å². The minimum absolute atomic E-state index is 0.330. The summed E-state index contributed by atoms with van der Waals surface area (Å²) in [6, 6.07) is 11.9. The number of para-hydroxylation sites is 1. The van der Waals surface area contributed by atoms with Crippen LogP contribution in [-0.2, 0) is 6.61 Å². The first kappa shape index (κ1) is 13.2. The summed E-state index contributed by atoms with van der Waals surface area (Å²) in [6.45, 7) is 4.35. The molecule has 0 spiro atoms. The molecular weight excluding hydrogens is 318 g/mol. The van der Waals surface area contributed by atoms with Crippen LogP contribution in [0.25, 0.3) is 11.1 Å². The molecule has 0 saturated heterocycles. The lowest BCUT2D eigenvalue weighted by Crippen LogP contribution is -1.96. The normalized spacial score (nSPS) is 10.9. The second kappa shape index (κ2) is 5.29. The van der Waals surface area contributed by atoms with Crippen molar-refractivity contribution in [2.24, 2.45) is 0 Å². The van der Waals surface area contributed by atoms with Crippen molar-refractivity contribution in [1.82, 2.24) is 4.98 Å². The molecule has 102 valence electrons. The Morgan fingerprint density at radius 3 is 2.75 bits per heavy atom. The van der Waals surface area contributed by atoms with Crippen molar-refractivity contribution in [3.63, 3.8) is 0 Å². The smallest absolute Gasteiger partial charge is 0.233 e. The molecule has 0 atom stereocenters. The highest BCUT2D eigenvalue weighted by atomic mass is 79.9. The van der Waals surface area contributed by atoms with Crippen molar-refractivity contribution in [2.75, 3.05) is 0 Å². The molecule has 0 fully saturated rings. The Bertz CT molecular complexity index is 764. The summed E-state index contributed by atoms with van der Waals surface area (Å²) in [7, 11) is 0. The number of rotatable bonds is 3. The monoisotopic (exact) mass is 331 g/mol. The van der Waals surface area contributed by atoms with E-state index in [2.05, 4.69) is 20.9 Å². The van der Waals surface area contributed by atoms with Gasteiger partial charge in [-0.3, -0.25) is 0 Å². The quantitative estimate of drug-likeness (QED) is 0.692. The molecule has 0 unspecified atom stereocenters. The zero-order chi connectivity index (χ0) is 14.1. The highest BCUT2D eigenvalue weighted by Gasteiger charge is 2.10. The highest BCUT2D eigenvalue weighted by molar-refractivity contribution is 9.10. The number of benzene rings is 2. The summed E-state index contributed by atoms with van der Waals surface area (Å²) in [5.74, 6) is 1.44. The van der Waals surface area contributed by atoms with Gasteiger partial charge in [0, 0.05) is 4.47 Å². The van der Waals surface area contributed by atoms with Gasteiger partial charge in [-0.15, -0.1) is 0 Å². The molecule has 3 nitrogen and oxygen atoms in total. The number of hydrogen-bond acceptors (Lipinski definition) is 3. The fraction of sp³-hybridized carbons (Fsp3) is 0.188. The van der Waals surface area contributed by atoms with Crippen molar-refractivity contribution in [2.45, 2.75) is 20.5 Å². The molecule has 3 aromatic rings. The SMILES string of the molecule is Cc1ccccc1OCc1nc2cc(Br)cc(C)c2o1. The van der Waals surface area contributed by atoms with E-state index in [-0.39, 0.29) is 0 Å². The molecule has 1 heterocycles. The van der Waals surface area contributed by atoms with Gasteiger partial charge in [0.1, 0.15) is 11.3 Å². The van der Waals surface area contributed by atoms with E-state index in [0.717, 1.165) is 32.4 Å². The Morgan fingerprint density at radius 1 is 1.15 bits per heavy atom. The van der Waals surface area contributed by atoms with E-state index in [4.69, 9.17) is 9.15 Å². The second-order valence-corrected chi connectivity index (χ2v) is 5.65. The molecule has 1 aromatic heterocycles. The standard InChI is InChI=1S/C16H14BrNO2/c1-10-5-3-4-6-14(10)19-9-15-18-13-8-12(17)7-11(2)16(13)20-15/h3-8H,9H2,1-2H3. The highest BCUT2D eigenvalue weighted by Crippen LogP contribution is 2.25. The van der Waals surface area contributed by atoms with E-state index in [0.29, 0.717) is 12.5 Å². The fourth-order valence-corrected chi connectivity index (χ4v) is 2.68. The second-order valence-electron chi connectivity index (χ2n) is 4.73. The molecular formula is C16H14BrNO2. The van der Waals surface area contributed by atoms with E-state index < -0.39 is 0 Å².